The van der Waals surface area contributed by atoms with Gasteiger partial charge >= 0.3 is 6.01 Å². The molecule has 0 radical (unpaired) electrons. The third-order valence-electron chi connectivity index (χ3n) is 9.23. The average molecular weight is 652 g/mol. The summed E-state index contributed by atoms with van der Waals surface area (Å²) in [5, 5.41) is 1.54. The highest BCUT2D eigenvalue weighted by Crippen LogP contribution is 2.38. The monoisotopic (exact) mass is 651 g/mol. The average Bonchev–Trinajstić information content (AvgIpc) is 3.65. The Balaban J connectivity index is 1.24. The molecule has 0 spiro atoms. The van der Waals surface area contributed by atoms with Crippen molar-refractivity contribution in [2.24, 2.45) is 0 Å². The third-order valence-corrected chi connectivity index (χ3v) is 9.60. The minimum Gasteiger partial charge on any atom is -0.461 e. The van der Waals surface area contributed by atoms with Gasteiger partial charge in [-0.2, -0.15) is 9.97 Å². The zero-order valence-corrected chi connectivity index (χ0v) is 25.8. The standard InChI is InChI=1S/C32H32ClF2N7O4/c1-20(34)30(43)42-11-10-40(13-22(42)12-36-2)29-23-8-9-39(26-5-3-4-21-6-7-24(35)28(33)27(21)26)14-25(23)37-31(38-29)46-17-32-15-44-18-41(32)19-45-16-32/h3-7,22H,1,8-19H2/t22-/m0/s1. The van der Waals surface area contributed by atoms with Gasteiger partial charge in [-0.3, -0.25) is 4.79 Å². The van der Waals surface area contributed by atoms with Crippen molar-refractivity contribution in [1.29, 1.82) is 0 Å². The molecule has 0 saturated carbocycles. The van der Waals surface area contributed by atoms with Crippen molar-refractivity contribution < 1.29 is 27.8 Å². The van der Waals surface area contributed by atoms with Crippen molar-refractivity contribution in [2.45, 2.75) is 24.5 Å². The second kappa shape index (κ2) is 12.3. The van der Waals surface area contributed by atoms with Crippen molar-refractivity contribution in [2.75, 3.05) is 75.8 Å². The number of carbonyl (C=O) groups excluding carboxylic acids is 1. The van der Waals surface area contributed by atoms with Crippen LogP contribution in [0.1, 0.15) is 11.3 Å². The van der Waals surface area contributed by atoms with Crippen LogP contribution in [0.5, 0.6) is 6.01 Å². The third kappa shape index (κ3) is 5.39. The number of hydrogen-bond acceptors (Lipinski definition) is 9. The first kappa shape index (κ1) is 30.6. The molecular weight excluding hydrogens is 620 g/mol. The molecule has 3 saturated heterocycles. The fourth-order valence-electron chi connectivity index (χ4n) is 6.81. The van der Waals surface area contributed by atoms with Gasteiger partial charge in [-0.25, -0.2) is 20.3 Å². The summed E-state index contributed by atoms with van der Waals surface area (Å²) < 4.78 is 46.1. The first-order valence-corrected chi connectivity index (χ1v) is 15.4. The summed E-state index contributed by atoms with van der Waals surface area (Å²) in [5.74, 6) is -1.68. The van der Waals surface area contributed by atoms with Crippen LogP contribution in [0, 0.1) is 12.4 Å². The zero-order chi connectivity index (χ0) is 32.0. The molecule has 0 N–H and O–H groups in total. The Morgan fingerprint density at radius 3 is 2.72 bits per heavy atom. The van der Waals surface area contributed by atoms with Gasteiger partial charge in [0, 0.05) is 42.8 Å². The van der Waals surface area contributed by atoms with Crippen LogP contribution < -0.4 is 14.5 Å². The van der Waals surface area contributed by atoms with Gasteiger partial charge in [-0.05, 0) is 23.9 Å². The number of piperazine rings is 1. The number of halogens is 3. The molecule has 3 aromatic rings. The van der Waals surface area contributed by atoms with E-state index in [1.807, 2.05) is 23.1 Å². The second-order valence-electron chi connectivity index (χ2n) is 12.0. The van der Waals surface area contributed by atoms with Crippen LogP contribution in [0.2, 0.25) is 5.02 Å². The van der Waals surface area contributed by atoms with Gasteiger partial charge in [0.25, 0.3) is 5.91 Å². The predicted molar refractivity (Wildman–Crippen MR) is 167 cm³/mol. The Labute approximate surface area is 269 Å². The van der Waals surface area contributed by atoms with Crippen LogP contribution in [-0.4, -0.2) is 103 Å². The van der Waals surface area contributed by atoms with Gasteiger partial charge < -0.3 is 33.8 Å². The van der Waals surface area contributed by atoms with Gasteiger partial charge in [0.2, 0.25) is 6.54 Å². The lowest BCUT2D eigenvalue weighted by Gasteiger charge is -2.41. The molecule has 0 unspecified atom stereocenters. The van der Waals surface area contributed by atoms with E-state index in [9.17, 15) is 13.6 Å². The lowest BCUT2D eigenvalue weighted by molar-refractivity contribution is -0.131. The van der Waals surface area contributed by atoms with Crippen LogP contribution in [0.3, 0.4) is 0 Å². The number of amides is 1. The van der Waals surface area contributed by atoms with Gasteiger partial charge in [0.05, 0.1) is 30.5 Å². The van der Waals surface area contributed by atoms with E-state index in [0.29, 0.717) is 63.9 Å². The van der Waals surface area contributed by atoms with Crippen LogP contribution in [0.15, 0.2) is 42.7 Å². The summed E-state index contributed by atoms with van der Waals surface area (Å²) >= 11 is 6.49. The Kier molecular flexibility index (Phi) is 8.14. The number of benzene rings is 2. The van der Waals surface area contributed by atoms with Crippen LogP contribution in [0.4, 0.5) is 20.3 Å². The maximum Gasteiger partial charge on any atom is 0.318 e. The number of anilines is 2. The molecule has 240 valence electrons. The summed E-state index contributed by atoms with van der Waals surface area (Å²) in [6.07, 6.45) is 0.571. The molecule has 4 aliphatic rings. The molecule has 11 nitrogen and oxygen atoms in total. The number of carbonyl (C=O) groups is 1. The quantitative estimate of drug-likeness (QED) is 0.280. The topological polar surface area (TPSA) is 87.9 Å². The summed E-state index contributed by atoms with van der Waals surface area (Å²) in [4.78, 5) is 33.4. The maximum absolute atomic E-state index is 14.6. The number of aromatic nitrogens is 2. The maximum atomic E-state index is 14.6. The molecule has 1 atom stereocenters. The van der Waals surface area contributed by atoms with E-state index in [2.05, 4.69) is 21.2 Å². The number of ether oxygens (including phenoxy) is 3. The van der Waals surface area contributed by atoms with E-state index in [4.69, 9.17) is 42.4 Å². The van der Waals surface area contributed by atoms with Gasteiger partial charge in [-0.1, -0.05) is 36.4 Å². The minimum absolute atomic E-state index is 0.0106. The van der Waals surface area contributed by atoms with Crippen molar-refractivity contribution in [3.63, 3.8) is 0 Å². The molecular formula is C32H32ClF2N7O4. The first-order valence-electron chi connectivity index (χ1n) is 15.1. The normalized spacial score (nSPS) is 20.8. The molecule has 14 heteroatoms. The van der Waals surface area contributed by atoms with Crippen molar-refractivity contribution in [1.82, 2.24) is 19.8 Å². The van der Waals surface area contributed by atoms with E-state index in [1.165, 1.54) is 11.0 Å². The first-order chi connectivity index (χ1) is 22.3. The van der Waals surface area contributed by atoms with Crippen molar-refractivity contribution >= 4 is 39.8 Å². The highest BCUT2D eigenvalue weighted by Gasteiger charge is 2.48. The van der Waals surface area contributed by atoms with Gasteiger partial charge in [0.1, 0.15) is 43.3 Å². The number of hydrogen-bond donors (Lipinski definition) is 0. The lowest BCUT2D eigenvalue weighted by atomic mass is 10.0. The van der Waals surface area contributed by atoms with Crippen LogP contribution in [-0.2, 0) is 27.2 Å². The second-order valence-corrected chi connectivity index (χ2v) is 12.4. The number of fused-ring (bicyclic) bond motifs is 3. The molecule has 1 amide bonds. The van der Waals surface area contributed by atoms with E-state index in [1.54, 1.807) is 6.07 Å². The van der Waals surface area contributed by atoms with E-state index < -0.39 is 29.1 Å². The summed E-state index contributed by atoms with van der Waals surface area (Å²) in [6, 6.07) is 8.47. The number of nitrogens with zero attached hydrogens (tertiary/aromatic N) is 7. The van der Waals surface area contributed by atoms with Crippen molar-refractivity contribution in [3.05, 3.63) is 76.3 Å². The molecule has 3 fully saturated rings. The molecule has 0 aliphatic carbocycles. The molecule has 0 bridgehead atoms. The zero-order valence-electron chi connectivity index (χ0n) is 25.1. The van der Waals surface area contributed by atoms with E-state index in [0.717, 1.165) is 22.3 Å². The molecule has 2 aromatic carbocycles. The summed E-state index contributed by atoms with van der Waals surface area (Å²) in [5.41, 5.74) is 2.03. The Morgan fingerprint density at radius 1 is 1.15 bits per heavy atom. The Bertz CT molecular complexity index is 1740. The lowest BCUT2D eigenvalue weighted by Crippen LogP contribution is -2.57. The number of rotatable bonds is 7. The molecule has 1 aromatic heterocycles. The predicted octanol–water partition coefficient (Wildman–Crippen LogP) is 3.80. The van der Waals surface area contributed by atoms with Gasteiger partial charge in [-0.15, -0.1) is 0 Å². The summed E-state index contributed by atoms with van der Waals surface area (Å²) in [6.45, 7) is 14.6. The SMILES string of the molecule is [C-]#[N+]C[C@H]1CN(c2nc(OCC34COCN3COC4)nc3c2CCN(c2cccc4ccc(F)c(Cl)c24)C3)CCN1C(=O)C(=C)F. The highest BCUT2D eigenvalue weighted by atomic mass is 35.5. The van der Waals surface area contributed by atoms with E-state index in [-0.39, 0.29) is 37.3 Å². The molecule has 46 heavy (non-hydrogen) atoms. The van der Waals surface area contributed by atoms with Gasteiger partial charge in [0.15, 0.2) is 5.83 Å². The minimum atomic E-state index is -1.05. The Hall–Kier alpha value is -4.09. The molecule has 4 aliphatic heterocycles. The van der Waals surface area contributed by atoms with Crippen LogP contribution in [0.25, 0.3) is 15.6 Å². The fraction of sp³-hybridized carbons (Fsp3) is 0.438. The smallest absolute Gasteiger partial charge is 0.318 e. The van der Waals surface area contributed by atoms with E-state index >= 15 is 0 Å². The largest absolute Gasteiger partial charge is 0.461 e. The fourth-order valence-corrected chi connectivity index (χ4v) is 7.08. The Morgan fingerprint density at radius 2 is 1.96 bits per heavy atom. The highest BCUT2D eigenvalue weighted by molar-refractivity contribution is 6.36. The van der Waals surface area contributed by atoms with Crippen molar-refractivity contribution in [3.8, 4) is 6.01 Å². The van der Waals surface area contributed by atoms with Crippen LogP contribution >= 0.6 is 11.6 Å². The summed E-state index contributed by atoms with van der Waals surface area (Å²) in [7, 11) is 0. The molecule has 5 heterocycles. The molecule has 7 rings (SSSR count).